The third-order valence-corrected chi connectivity index (χ3v) is 3.65. The number of carbonyl (C=O) groups is 1. The Balaban J connectivity index is 2.07. The van der Waals surface area contributed by atoms with Crippen molar-refractivity contribution < 1.29 is 18.3 Å². The fourth-order valence-corrected chi connectivity index (χ4v) is 2.86. The number of hydrogen-bond acceptors (Lipinski definition) is 3. The topological polar surface area (TPSA) is 41.6 Å². The van der Waals surface area contributed by atoms with Crippen molar-refractivity contribution in [1.82, 2.24) is 5.32 Å². The molecule has 1 aromatic carbocycles. The number of anilines is 1. The molecule has 2 atom stereocenters. The Labute approximate surface area is 135 Å². The number of benzene rings is 1. The predicted molar refractivity (Wildman–Crippen MR) is 85.5 cm³/mol. The summed E-state index contributed by atoms with van der Waals surface area (Å²) in [6.07, 6.45) is 0.281. The van der Waals surface area contributed by atoms with Crippen molar-refractivity contribution in [1.29, 1.82) is 0 Å². The SMILES string of the molecule is CC1CC(NC(=O)OC(C)(C)C)CN(c2cccc(F)c2F)C1. The van der Waals surface area contributed by atoms with Gasteiger partial charge in [0.2, 0.25) is 0 Å². The molecule has 1 saturated heterocycles. The molecule has 0 aliphatic carbocycles. The minimum atomic E-state index is -0.864. The van der Waals surface area contributed by atoms with E-state index in [1.165, 1.54) is 6.07 Å². The molecular weight excluding hydrogens is 302 g/mol. The lowest BCUT2D eigenvalue weighted by Gasteiger charge is -2.38. The molecule has 0 radical (unpaired) electrons. The fourth-order valence-electron chi connectivity index (χ4n) is 2.86. The van der Waals surface area contributed by atoms with Crippen LogP contribution in [-0.2, 0) is 4.74 Å². The van der Waals surface area contributed by atoms with Gasteiger partial charge in [0.1, 0.15) is 5.60 Å². The second-order valence-corrected chi connectivity index (χ2v) is 7.16. The van der Waals surface area contributed by atoms with E-state index >= 15 is 0 Å². The van der Waals surface area contributed by atoms with Crippen LogP contribution in [0.2, 0.25) is 0 Å². The number of alkyl carbamates (subject to hydrolysis) is 1. The highest BCUT2D eigenvalue weighted by molar-refractivity contribution is 5.68. The van der Waals surface area contributed by atoms with Crippen molar-refractivity contribution in [2.45, 2.75) is 45.8 Å². The first-order valence-corrected chi connectivity index (χ1v) is 7.84. The highest BCUT2D eigenvalue weighted by Gasteiger charge is 2.29. The molecular formula is C17H24F2N2O2. The van der Waals surface area contributed by atoms with Gasteiger partial charge in [-0.15, -0.1) is 0 Å². The molecule has 1 amide bonds. The normalized spacial score (nSPS) is 21.9. The molecule has 1 N–H and O–H groups in total. The molecule has 1 heterocycles. The molecule has 4 nitrogen and oxygen atoms in total. The van der Waals surface area contributed by atoms with Gasteiger partial charge in [-0.2, -0.15) is 0 Å². The second kappa shape index (κ2) is 6.72. The van der Waals surface area contributed by atoms with E-state index in [1.807, 2.05) is 6.92 Å². The van der Waals surface area contributed by atoms with E-state index in [2.05, 4.69) is 5.32 Å². The lowest BCUT2D eigenvalue weighted by Crippen LogP contribution is -2.51. The van der Waals surface area contributed by atoms with Crippen LogP contribution in [-0.4, -0.2) is 30.8 Å². The number of nitrogens with zero attached hydrogens (tertiary/aromatic N) is 1. The number of halogens is 2. The highest BCUT2D eigenvalue weighted by atomic mass is 19.2. The molecule has 2 unspecified atom stereocenters. The first kappa shape index (κ1) is 17.5. The van der Waals surface area contributed by atoms with Gasteiger partial charge in [-0.25, -0.2) is 13.6 Å². The minimum absolute atomic E-state index is 0.170. The summed E-state index contributed by atoms with van der Waals surface area (Å²) in [6.45, 7) is 8.45. The van der Waals surface area contributed by atoms with Gasteiger partial charge in [0.25, 0.3) is 0 Å². The Morgan fingerprint density at radius 3 is 2.65 bits per heavy atom. The maximum atomic E-state index is 14.0. The standard InChI is InChI=1S/C17H24F2N2O2/c1-11-8-12(20-16(22)23-17(2,3)4)10-21(9-11)14-7-5-6-13(18)15(14)19/h5-7,11-12H,8-10H2,1-4H3,(H,20,22). The third kappa shape index (κ3) is 4.81. The first-order valence-electron chi connectivity index (χ1n) is 7.84. The number of ether oxygens (including phenoxy) is 1. The van der Waals surface area contributed by atoms with E-state index in [-0.39, 0.29) is 17.6 Å². The van der Waals surface area contributed by atoms with Crippen LogP contribution >= 0.6 is 0 Å². The van der Waals surface area contributed by atoms with Crippen LogP contribution < -0.4 is 10.2 Å². The van der Waals surface area contributed by atoms with Gasteiger partial charge in [0.15, 0.2) is 11.6 Å². The van der Waals surface area contributed by atoms with Gasteiger partial charge < -0.3 is 15.0 Å². The highest BCUT2D eigenvalue weighted by Crippen LogP contribution is 2.27. The van der Waals surface area contributed by atoms with Crippen molar-refractivity contribution >= 4 is 11.8 Å². The summed E-state index contributed by atoms with van der Waals surface area (Å²) >= 11 is 0. The second-order valence-electron chi connectivity index (χ2n) is 7.16. The average Bonchev–Trinajstić information content (AvgIpc) is 2.38. The van der Waals surface area contributed by atoms with Gasteiger partial charge in [-0.05, 0) is 45.2 Å². The molecule has 23 heavy (non-hydrogen) atoms. The van der Waals surface area contributed by atoms with Crippen molar-refractivity contribution in [3.8, 4) is 0 Å². The monoisotopic (exact) mass is 326 g/mol. The average molecular weight is 326 g/mol. The zero-order valence-electron chi connectivity index (χ0n) is 14.0. The summed E-state index contributed by atoms with van der Waals surface area (Å²) in [5.41, 5.74) is -0.342. The third-order valence-electron chi connectivity index (χ3n) is 3.65. The number of rotatable bonds is 2. The van der Waals surface area contributed by atoms with Crippen LogP contribution in [0.4, 0.5) is 19.3 Å². The molecule has 0 spiro atoms. The lowest BCUT2D eigenvalue weighted by molar-refractivity contribution is 0.0495. The summed E-state index contributed by atoms with van der Waals surface area (Å²) in [5.74, 6) is -1.47. The van der Waals surface area contributed by atoms with Gasteiger partial charge in [-0.3, -0.25) is 0 Å². The zero-order valence-corrected chi connectivity index (χ0v) is 14.0. The van der Waals surface area contributed by atoms with Crippen LogP contribution in [0, 0.1) is 17.6 Å². The molecule has 0 aromatic heterocycles. The molecule has 1 aromatic rings. The van der Waals surface area contributed by atoms with Crippen LogP contribution in [0.3, 0.4) is 0 Å². The predicted octanol–water partition coefficient (Wildman–Crippen LogP) is 3.70. The van der Waals surface area contributed by atoms with Crippen molar-refractivity contribution in [2.24, 2.45) is 5.92 Å². The molecule has 0 bridgehead atoms. The van der Waals surface area contributed by atoms with Crippen LogP contribution in [0.5, 0.6) is 0 Å². The molecule has 0 saturated carbocycles. The van der Waals surface area contributed by atoms with Crippen molar-refractivity contribution in [3.63, 3.8) is 0 Å². The molecule has 128 valence electrons. The Kier molecular flexibility index (Phi) is 5.12. The van der Waals surface area contributed by atoms with Gasteiger partial charge in [0.05, 0.1) is 5.69 Å². The van der Waals surface area contributed by atoms with E-state index < -0.39 is 23.3 Å². The number of amides is 1. The maximum absolute atomic E-state index is 14.0. The largest absolute Gasteiger partial charge is 0.444 e. The van der Waals surface area contributed by atoms with Gasteiger partial charge in [-0.1, -0.05) is 13.0 Å². The van der Waals surface area contributed by atoms with Crippen molar-refractivity contribution in [2.75, 3.05) is 18.0 Å². The van der Waals surface area contributed by atoms with E-state index in [1.54, 1.807) is 31.7 Å². The fraction of sp³-hybridized carbons (Fsp3) is 0.588. The Morgan fingerprint density at radius 2 is 2.00 bits per heavy atom. The summed E-state index contributed by atoms with van der Waals surface area (Å²) in [7, 11) is 0. The smallest absolute Gasteiger partial charge is 0.407 e. The van der Waals surface area contributed by atoms with E-state index in [9.17, 15) is 13.6 Å². The number of carbonyl (C=O) groups excluding carboxylic acids is 1. The number of nitrogens with one attached hydrogen (secondary N) is 1. The molecule has 1 aliphatic heterocycles. The van der Waals surface area contributed by atoms with Crippen molar-refractivity contribution in [3.05, 3.63) is 29.8 Å². The van der Waals surface area contributed by atoms with E-state index in [4.69, 9.17) is 4.74 Å². The van der Waals surface area contributed by atoms with Crippen LogP contribution in [0.15, 0.2) is 18.2 Å². The van der Waals surface area contributed by atoms with Crippen LogP contribution in [0.25, 0.3) is 0 Å². The summed E-state index contributed by atoms with van der Waals surface area (Å²) < 4.78 is 32.7. The van der Waals surface area contributed by atoms with E-state index in [0.717, 1.165) is 12.5 Å². The summed E-state index contributed by atoms with van der Waals surface area (Å²) in [4.78, 5) is 13.7. The van der Waals surface area contributed by atoms with Gasteiger partial charge >= 0.3 is 6.09 Å². The lowest BCUT2D eigenvalue weighted by atomic mass is 9.95. The quantitative estimate of drug-likeness (QED) is 0.901. The maximum Gasteiger partial charge on any atom is 0.407 e. The molecule has 2 rings (SSSR count). The Morgan fingerprint density at radius 1 is 1.30 bits per heavy atom. The van der Waals surface area contributed by atoms with Crippen LogP contribution in [0.1, 0.15) is 34.1 Å². The summed E-state index contributed by atoms with van der Waals surface area (Å²) in [6, 6.07) is 3.98. The minimum Gasteiger partial charge on any atom is -0.444 e. The molecule has 1 fully saturated rings. The molecule has 6 heteroatoms. The van der Waals surface area contributed by atoms with E-state index in [0.29, 0.717) is 13.1 Å². The zero-order chi connectivity index (χ0) is 17.2. The Bertz CT molecular complexity index is 572. The first-order chi connectivity index (χ1) is 10.7. The van der Waals surface area contributed by atoms with Gasteiger partial charge in [0, 0.05) is 19.1 Å². The number of hydrogen-bond donors (Lipinski definition) is 1. The molecule has 1 aliphatic rings. The number of piperidine rings is 1. The Hall–Kier alpha value is -1.85. The summed E-state index contributed by atoms with van der Waals surface area (Å²) in [5, 5.41) is 2.82.